The third-order valence-electron chi connectivity index (χ3n) is 4.91. The first-order chi connectivity index (χ1) is 11.7. The monoisotopic (exact) mass is 328 g/mol. The van der Waals surface area contributed by atoms with E-state index in [0.29, 0.717) is 0 Å². The molecule has 1 spiro atoms. The summed E-state index contributed by atoms with van der Waals surface area (Å²) in [4.78, 5) is 13.5. The molecule has 0 amide bonds. The Morgan fingerprint density at radius 3 is 2.96 bits per heavy atom. The molecule has 2 aromatic heterocycles. The Kier molecular flexibility index (Phi) is 4.20. The second-order valence-corrected chi connectivity index (χ2v) is 6.85. The van der Waals surface area contributed by atoms with Gasteiger partial charge in [-0.05, 0) is 12.8 Å². The number of ether oxygens (including phenoxy) is 1. The highest BCUT2D eigenvalue weighted by Gasteiger charge is 2.40. The average Bonchev–Trinajstić information content (AvgIpc) is 3.01. The first kappa shape index (κ1) is 15.5. The quantitative estimate of drug-likeness (QED) is 0.840. The summed E-state index contributed by atoms with van der Waals surface area (Å²) in [5.74, 6) is 0.949. The smallest absolute Gasteiger partial charge is 0.147 e. The summed E-state index contributed by atoms with van der Waals surface area (Å²) in [6.07, 6.45) is 11.6. The molecule has 2 aliphatic heterocycles. The maximum absolute atomic E-state index is 6.28. The van der Waals surface area contributed by atoms with E-state index in [2.05, 4.69) is 31.1 Å². The van der Waals surface area contributed by atoms with E-state index in [1.54, 1.807) is 12.4 Å². The second kappa shape index (κ2) is 6.49. The van der Waals surface area contributed by atoms with Crippen molar-refractivity contribution in [1.29, 1.82) is 0 Å². The summed E-state index contributed by atoms with van der Waals surface area (Å²) < 4.78 is 8.14. The lowest BCUT2D eigenvalue weighted by Crippen LogP contribution is -2.59. The van der Waals surface area contributed by atoms with Crippen molar-refractivity contribution in [1.82, 2.24) is 24.6 Å². The number of aryl methyl sites for hydroxylation is 1. The fourth-order valence-electron chi connectivity index (χ4n) is 3.87. The van der Waals surface area contributed by atoms with Crippen LogP contribution in [0.25, 0.3) is 0 Å². The highest BCUT2D eigenvalue weighted by atomic mass is 16.5. The summed E-state index contributed by atoms with van der Waals surface area (Å²) >= 11 is 0. The molecular formula is C17H24N6O. The van der Waals surface area contributed by atoms with Gasteiger partial charge < -0.3 is 9.64 Å². The maximum atomic E-state index is 6.28. The molecule has 2 aliphatic rings. The van der Waals surface area contributed by atoms with Crippen LogP contribution in [-0.2, 0) is 18.3 Å². The minimum absolute atomic E-state index is 0.101. The van der Waals surface area contributed by atoms with Crippen LogP contribution in [0.15, 0.2) is 31.0 Å². The van der Waals surface area contributed by atoms with Crippen molar-refractivity contribution >= 4 is 5.82 Å². The normalized spacial score (nSPS) is 25.3. The van der Waals surface area contributed by atoms with E-state index in [0.717, 1.165) is 58.0 Å². The van der Waals surface area contributed by atoms with Crippen molar-refractivity contribution in [2.45, 2.75) is 25.0 Å². The largest absolute Gasteiger partial charge is 0.370 e. The van der Waals surface area contributed by atoms with Crippen LogP contribution in [0.1, 0.15) is 18.4 Å². The summed E-state index contributed by atoms with van der Waals surface area (Å²) in [6.45, 7) is 5.56. The predicted molar refractivity (Wildman–Crippen MR) is 90.6 cm³/mol. The Balaban J connectivity index is 1.45. The van der Waals surface area contributed by atoms with Crippen molar-refractivity contribution in [2.75, 3.05) is 37.7 Å². The van der Waals surface area contributed by atoms with Crippen molar-refractivity contribution < 1.29 is 4.74 Å². The standard InChI is InChI=1S/C17H24N6O/c1-21-11-15(9-20-21)12-22-7-8-24-17(13-22)3-2-6-23(14-17)16-10-18-4-5-19-16/h4-5,9-11H,2-3,6-8,12-14H2,1H3/t17-/m0/s1. The second-order valence-electron chi connectivity index (χ2n) is 6.85. The van der Waals surface area contributed by atoms with Crippen LogP contribution in [-0.4, -0.2) is 63.0 Å². The number of hydrogen-bond donors (Lipinski definition) is 0. The summed E-state index contributed by atoms with van der Waals surface area (Å²) in [5, 5.41) is 4.27. The molecular weight excluding hydrogens is 304 g/mol. The zero-order valence-electron chi connectivity index (χ0n) is 14.1. The molecule has 7 nitrogen and oxygen atoms in total. The first-order valence-corrected chi connectivity index (χ1v) is 8.57. The van der Waals surface area contributed by atoms with Crippen LogP contribution in [0.5, 0.6) is 0 Å². The van der Waals surface area contributed by atoms with Gasteiger partial charge in [0.25, 0.3) is 0 Å². The third kappa shape index (κ3) is 3.27. The molecule has 2 saturated heterocycles. The van der Waals surface area contributed by atoms with Gasteiger partial charge >= 0.3 is 0 Å². The van der Waals surface area contributed by atoms with Crippen molar-refractivity contribution in [2.24, 2.45) is 7.05 Å². The zero-order valence-corrected chi connectivity index (χ0v) is 14.1. The van der Waals surface area contributed by atoms with Crippen molar-refractivity contribution in [3.63, 3.8) is 0 Å². The molecule has 0 saturated carbocycles. The number of piperidine rings is 1. The number of rotatable bonds is 3. The molecule has 0 aliphatic carbocycles. The van der Waals surface area contributed by atoms with Crippen LogP contribution in [0.4, 0.5) is 5.82 Å². The van der Waals surface area contributed by atoms with E-state index in [1.807, 2.05) is 24.1 Å². The van der Waals surface area contributed by atoms with E-state index in [1.165, 1.54) is 5.56 Å². The molecule has 128 valence electrons. The van der Waals surface area contributed by atoms with Gasteiger partial charge in [0.1, 0.15) is 5.82 Å². The minimum atomic E-state index is -0.101. The number of aromatic nitrogens is 4. The van der Waals surface area contributed by atoms with E-state index < -0.39 is 0 Å². The van der Waals surface area contributed by atoms with Gasteiger partial charge in [-0.2, -0.15) is 5.10 Å². The van der Waals surface area contributed by atoms with E-state index in [9.17, 15) is 0 Å². The lowest BCUT2D eigenvalue weighted by molar-refractivity contribution is -0.116. The molecule has 2 aromatic rings. The van der Waals surface area contributed by atoms with Crippen molar-refractivity contribution in [3.8, 4) is 0 Å². The molecule has 4 rings (SSSR count). The first-order valence-electron chi connectivity index (χ1n) is 8.57. The predicted octanol–water partition coefficient (Wildman–Crippen LogP) is 1.08. The highest BCUT2D eigenvalue weighted by Crippen LogP contribution is 2.31. The van der Waals surface area contributed by atoms with E-state index >= 15 is 0 Å². The summed E-state index contributed by atoms with van der Waals surface area (Å²) in [5.41, 5.74) is 1.16. The molecule has 2 fully saturated rings. The Morgan fingerprint density at radius 2 is 2.17 bits per heavy atom. The van der Waals surface area contributed by atoms with Crippen LogP contribution in [0.3, 0.4) is 0 Å². The molecule has 7 heteroatoms. The molecule has 0 radical (unpaired) electrons. The number of morpholine rings is 1. The molecule has 0 bridgehead atoms. The highest BCUT2D eigenvalue weighted by molar-refractivity contribution is 5.36. The Labute approximate surface area is 142 Å². The Morgan fingerprint density at radius 1 is 1.21 bits per heavy atom. The number of anilines is 1. The lowest BCUT2D eigenvalue weighted by atomic mass is 9.90. The van der Waals surface area contributed by atoms with Gasteiger partial charge in [-0.3, -0.25) is 14.6 Å². The SMILES string of the molecule is Cn1cc(CN2CCO[C@@]3(CCCN(c4cnccn4)C3)C2)cn1. The summed E-state index contributed by atoms with van der Waals surface area (Å²) in [7, 11) is 1.96. The number of nitrogens with zero attached hydrogens (tertiary/aromatic N) is 6. The fraction of sp³-hybridized carbons (Fsp3) is 0.588. The maximum Gasteiger partial charge on any atom is 0.147 e. The van der Waals surface area contributed by atoms with Gasteiger partial charge in [0.15, 0.2) is 0 Å². The van der Waals surface area contributed by atoms with Crippen molar-refractivity contribution in [3.05, 3.63) is 36.5 Å². The van der Waals surface area contributed by atoms with Gasteiger partial charge in [-0.15, -0.1) is 0 Å². The van der Waals surface area contributed by atoms with Gasteiger partial charge in [-0.1, -0.05) is 0 Å². The van der Waals surface area contributed by atoms with Gasteiger partial charge in [-0.25, -0.2) is 4.98 Å². The molecule has 0 aromatic carbocycles. The molecule has 24 heavy (non-hydrogen) atoms. The van der Waals surface area contributed by atoms with Gasteiger partial charge in [0.2, 0.25) is 0 Å². The van der Waals surface area contributed by atoms with E-state index in [4.69, 9.17) is 4.74 Å². The molecule has 0 unspecified atom stereocenters. The average molecular weight is 328 g/mol. The van der Waals surface area contributed by atoms with E-state index in [-0.39, 0.29) is 5.60 Å². The topological polar surface area (TPSA) is 59.3 Å². The Hall–Kier alpha value is -1.99. The third-order valence-corrected chi connectivity index (χ3v) is 4.91. The van der Waals surface area contributed by atoms with Crippen LogP contribution in [0, 0.1) is 0 Å². The van der Waals surface area contributed by atoms with Gasteiger partial charge in [0, 0.05) is 63.9 Å². The summed E-state index contributed by atoms with van der Waals surface area (Å²) in [6, 6.07) is 0. The zero-order chi connectivity index (χ0) is 16.4. The van der Waals surface area contributed by atoms with Crippen LogP contribution >= 0.6 is 0 Å². The minimum Gasteiger partial charge on any atom is -0.370 e. The molecule has 1 atom stereocenters. The number of hydrogen-bond acceptors (Lipinski definition) is 6. The molecule has 0 N–H and O–H groups in total. The van der Waals surface area contributed by atoms with Gasteiger partial charge in [0.05, 0.1) is 24.6 Å². The lowest BCUT2D eigenvalue weighted by Gasteiger charge is -2.48. The van der Waals surface area contributed by atoms with Crippen LogP contribution in [0.2, 0.25) is 0 Å². The fourth-order valence-corrected chi connectivity index (χ4v) is 3.87. The molecule has 4 heterocycles. The van der Waals surface area contributed by atoms with Crippen LogP contribution < -0.4 is 4.90 Å². The Bertz CT molecular complexity index is 671.